The van der Waals surface area contributed by atoms with Crippen LogP contribution in [0.1, 0.15) is 46.5 Å². The molecule has 0 saturated carbocycles. The van der Waals surface area contributed by atoms with Crippen molar-refractivity contribution in [2.24, 2.45) is 5.41 Å². The largest absolute Gasteiger partial charge is 0.385 e. The Balaban J connectivity index is 2.95. The molecule has 0 heterocycles. The van der Waals surface area contributed by atoms with Gasteiger partial charge in [-0.3, -0.25) is 0 Å². The van der Waals surface area contributed by atoms with Crippen molar-refractivity contribution in [1.82, 2.24) is 0 Å². The third-order valence-electron chi connectivity index (χ3n) is 4.05. The van der Waals surface area contributed by atoms with Crippen LogP contribution in [0.4, 0.5) is 8.78 Å². The highest BCUT2D eigenvalue weighted by molar-refractivity contribution is 5.16. The minimum atomic E-state index is -2.74. The maximum absolute atomic E-state index is 12.9. The van der Waals surface area contributed by atoms with Crippen LogP contribution >= 0.6 is 0 Å². The third-order valence-corrected chi connectivity index (χ3v) is 4.05. The zero-order valence-electron chi connectivity index (χ0n) is 9.69. The van der Waals surface area contributed by atoms with Crippen molar-refractivity contribution in [1.29, 1.82) is 0 Å². The SMILES string of the molecule is CCC(C)(CC)C1(O)C=CC(F)(F)CC1. The fraction of sp³-hybridized carbons (Fsp3) is 0.833. The molecule has 1 atom stereocenters. The first kappa shape index (κ1) is 12.6. The van der Waals surface area contributed by atoms with Crippen LogP contribution in [0.2, 0.25) is 0 Å². The predicted molar refractivity (Wildman–Crippen MR) is 57.0 cm³/mol. The van der Waals surface area contributed by atoms with Crippen LogP contribution in [0.25, 0.3) is 0 Å². The first-order valence-corrected chi connectivity index (χ1v) is 5.59. The highest BCUT2D eigenvalue weighted by Crippen LogP contribution is 2.46. The first-order chi connectivity index (χ1) is 6.79. The summed E-state index contributed by atoms with van der Waals surface area (Å²) in [4.78, 5) is 0. The van der Waals surface area contributed by atoms with Gasteiger partial charge in [0.25, 0.3) is 5.92 Å². The van der Waals surface area contributed by atoms with E-state index in [0.717, 1.165) is 18.9 Å². The van der Waals surface area contributed by atoms with Crippen LogP contribution in [-0.4, -0.2) is 16.6 Å². The van der Waals surface area contributed by atoms with Crippen LogP contribution in [0, 0.1) is 5.41 Å². The van der Waals surface area contributed by atoms with E-state index >= 15 is 0 Å². The van der Waals surface area contributed by atoms with Gasteiger partial charge in [-0.2, -0.15) is 0 Å². The molecule has 0 bridgehead atoms. The molecule has 0 fully saturated rings. The van der Waals surface area contributed by atoms with E-state index < -0.39 is 11.5 Å². The van der Waals surface area contributed by atoms with Crippen LogP contribution in [0.5, 0.6) is 0 Å². The van der Waals surface area contributed by atoms with E-state index in [-0.39, 0.29) is 18.3 Å². The Morgan fingerprint density at radius 3 is 2.07 bits per heavy atom. The van der Waals surface area contributed by atoms with Crippen LogP contribution < -0.4 is 0 Å². The van der Waals surface area contributed by atoms with Gasteiger partial charge in [-0.25, -0.2) is 8.78 Å². The van der Waals surface area contributed by atoms with Gasteiger partial charge in [-0.15, -0.1) is 0 Å². The molecule has 1 nitrogen and oxygen atoms in total. The van der Waals surface area contributed by atoms with E-state index in [2.05, 4.69) is 0 Å². The zero-order chi connectivity index (χ0) is 11.7. The Morgan fingerprint density at radius 1 is 1.20 bits per heavy atom. The second kappa shape index (κ2) is 3.85. The average Bonchev–Trinajstić information content (AvgIpc) is 2.21. The van der Waals surface area contributed by atoms with E-state index in [1.165, 1.54) is 6.08 Å². The number of alkyl halides is 2. The van der Waals surface area contributed by atoms with Crippen molar-refractivity contribution in [2.75, 3.05) is 0 Å². The molecule has 0 aromatic rings. The maximum atomic E-state index is 12.9. The molecular weight excluding hydrogens is 198 g/mol. The summed E-state index contributed by atoms with van der Waals surface area (Å²) in [5.74, 6) is -2.74. The Morgan fingerprint density at radius 2 is 1.73 bits per heavy atom. The molecule has 0 saturated heterocycles. The second-order valence-corrected chi connectivity index (χ2v) is 4.79. The monoisotopic (exact) mass is 218 g/mol. The van der Waals surface area contributed by atoms with Gasteiger partial charge >= 0.3 is 0 Å². The Hall–Kier alpha value is -0.440. The molecule has 1 aliphatic rings. The minimum Gasteiger partial charge on any atom is -0.385 e. The number of hydrogen-bond acceptors (Lipinski definition) is 1. The average molecular weight is 218 g/mol. The van der Waals surface area contributed by atoms with Crippen molar-refractivity contribution in [3.05, 3.63) is 12.2 Å². The molecule has 88 valence electrons. The molecule has 1 rings (SSSR count). The molecule has 0 aromatic carbocycles. The van der Waals surface area contributed by atoms with Crippen molar-refractivity contribution in [3.63, 3.8) is 0 Å². The third kappa shape index (κ3) is 2.22. The summed E-state index contributed by atoms with van der Waals surface area (Å²) in [5.41, 5.74) is -1.38. The maximum Gasteiger partial charge on any atom is 0.266 e. The Labute approximate surface area is 90.2 Å². The molecule has 0 aliphatic heterocycles. The molecule has 3 heteroatoms. The van der Waals surface area contributed by atoms with E-state index in [9.17, 15) is 13.9 Å². The molecular formula is C12H20F2O. The zero-order valence-corrected chi connectivity index (χ0v) is 9.69. The first-order valence-electron chi connectivity index (χ1n) is 5.59. The van der Waals surface area contributed by atoms with Crippen LogP contribution in [0.3, 0.4) is 0 Å². The van der Waals surface area contributed by atoms with Gasteiger partial charge in [0.05, 0.1) is 5.60 Å². The fourth-order valence-corrected chi connectivity index (χ4v) is 2.15. The van der Waals surface area contributed by atoms with Gasteiger partial charge in [0.1, 0.15) is 0 Å². The predicted octanol–water partition coefficient (Wildman–Crippen LogP) is 3.53. The molecule has 0 spiro atoms. The molecule has 1 unspecified atom stereocenters. The molecule has 0 amide bonds. The summed E-state index contributed by atoms with van der Waals surface area (Å²) in [6.45, 7) is 5.94. The number of halogens is 2. The van der Waals surface area contributed by atoms with Crippen molar-refractivity contribution in [3.8, 4) is 0 Å². The summed E-state index contributed by atoms with van der Waals surface area (Å²) >= 11 is 0. The van der Waals surface area contributed by atoms with Crippen molar-refractivity contribution >= 4 is 0 Å². The fourth-order valence-electron chi connectivity index (χ4n) is 2.15. The van der Waals surface area contributed by atoms with Gasteiger partial charge in [0, 0.05) is 6.42 Å². The minimum absolute atomic E-state index is 0.147. The normalized spacial score (nSPS) is 30.5. The number of aliphatic hydroxyl groups is 1. The second-order valence-electron chi connectivity index (χ2n) is 4.79. The number of rotatable bonds is 3. The molecule has 1 N–H and O–H groups in total. The molecule has 1 aliphatic carbocycles. The summed E-state index contributed by atoms with van der Waals surface area (Å²) in [7, 11) is 0. The van der Waals surface area contributed by atoms with Gasteiger partial charge < -0.3 is 5.11 Å². The lowest BCUT2D eigenvalue weighted by Crippen LogP contribution is -2.47. The quantitative estimate of drug-likeness (QED) is 0.718. The van der Waals surface area contributed by atoms with E-state index in [0.29, 0.717) is 0 Å². The number of allylic oxidation sites excluding steroid dienone is 1. The summed E-state index contributed by atoms with van der Waals surface area (Å²) in [6, 6.07) is 0. The highest BCUT2D eigenvalue weighted by Gasteiger charge is 2.47. The number of hydrogen-bond donors (Lipinski definition) is 1. The summed E-state index contributed by atoms with van der Waals surface area (Å²) in [5, 5.41) is 10.4. The van der Waals surface area contributed by atoms with Crippen LogP contribution in [-0.2, 0) is 0 Å². The lowest BCUT2D eigenvalue weighted by Gasteiger charge is -2.45. The Bertz CT molecular complexity index is 256. The van der Waals surface area contributed by atoms with Crippen LogP contribution in [0.15, 0.2) is 12.2 Å². The van der Waals surface area contributed by atoms with Gasteiger partial charge in [0.2, 0.25) is 0 Å². The smallest absolute Gasteiger partial charge is 0.266 e. The lowest BCUT2D eigenvalue weighted by atomic mass is 9.65. The molecule has 0 aromatic heterocycles. The standard InChI is InChI=1S/C12H20F2O/c1-4-10(3,5-2)11(15)6-8-12(13,14)9-7-11/h6,8,15H,4-5,7,9H2,1-3H3. The molecule has 15 heavy (non-hydrogen) atoms. The van der Waals surface area contributed by atoms with Gasteiger partial charge in [0.15, 0.2) is 0 Å². The van der Waals surface area contributed by atoms with E-state index in [4.69, 9.17) is 0 Å². The molecule has 0 radical (unpaired) electrons. The van der Waals surface area contributed by atoms with E-state index in [1.54, 1.807) is 0 Å². The van der Waals surface area contributed by atoms with Crippen molar-refractivity contribution < 1.29 is 13.9 Å². The van der Waals surface area contributed by atoms with Gasteiger partial charge in [-0.1, -0.05) is 26.8 Å². The van der Waals surface area contributed by atoms with Crippen molar-refractivity contribution in [2.45, 2.75) is 58.0 Å². The Kier molecular flexibility index (Phi) is 3.24. The highest BCUT2D eigenvalue weighted by atomic mass is 19.3. The van der Waals surface area contributed by atoms with E-state index in [1.807, 2.05) is 20.8 Å². The van der Waals surface area contributed by atoms with Gasteiger partial charge in [-0.05, 0) is 30.8 Å². The summed E-state index contributed by atoms with van der Waals surface area (Å²) in [6.07, 6.45) is 3.64. The topological polar surface area (TPSA) is 20.2 Å². The summed E-state index contributed by atoms with van der Waals surface area (Å²) < 4.78 is 25.9. The lowest BCUT2D eigenvalue weighted by molar-refractivity contribution is -0.0800.